The molecule has 1 rings (SSSR count). The zero-order chi connectivity index (χ0) is 14.1. The van der Waals surface area contributed by atoms with E-state index in [0.717, 1.165) is 30.9 Å². The van der Waals surface area contributed by atoms with Gasteiger partial charge < -0.3 is 14.4 Å². The second kappa shape index (κ2) is 9.37. The zero-order valence-electron chi connectivity index (χ0n) is 11.4. The number of aromatic nitrogens is 1. The summed E-state index contributed by atoms with van der Waals surface area (Å²) >= 11 is 12.0. The van der Waals surface area contributed by atoms with Crippen molar-refractivity contribution < 1.29 is 9.47 Å². The highest BCUT2D eigenvalue weighted by Crippen LogP contribution is 2.24. The lowest BCUT2D eigenvalue weighted by molar-refractivity contribution is 0.191. The maximum absolute atomic E-state index is 6.26. The van der Waals surface area contributed by atoms with Crippen molar-refractivity contribution in [1.29, 1.82) is 0 Å². The van der Waals surface area contributed by atoms with E-state index in [2.05, 4.69) is 9.88 Å². The van der Waals surface area contributed by atoms with Gasteiger partial charge in [-0.3, -0.25) is 0 Å². The Morgan fingerprint density at radius 3 is 2.53 bits per heavy atom. The number of hydrogen-bond acceptors (Lipinski definition) is 4. The van der Waals surface area contributed by atoms with Crippen LogP contribution in [0.25, 0.3) is 0 Å². The van der Waals surface area contributed by atoms with Gasteiger partial charge in [0.15, 0.2) is 0 Å². The average Bonchev–Trinajstić information content (AvgIpc) is 2.43. The van der Waals surface area contributed by atoms with Crippen LogP contribution < -0.4 is 4.90 Å². The molecule has 0 atom stereocenters. The predicted octanol–water partition coefficient (Wildman–Crippen LogP) is 2.96. The van der Waals surface area contributed by atoms with Crippen molar-refractivity contribution in [3.8, 4) is 0 Å². The number of alkyl halides is 1. The summed E-state index contributed by atoms with van der Waals surface area (Å²) in [5.74, 6) is 1.18. The van der Waals surface area contributed by atoms with Gasteiger partial charge in [0.1, 0.15) is 5.82 Å². The lowest BCUT2D eigenvalue weighted by atomic mass is 10.3. The SMILES string of the molecule is COCCCN(CCOC)c1ncc(CCl)cc1Cl. The van der Waals surface area contributed by atoms with Crippen molar-refractivity contribution in [3.63, 3.8) is 0 Å². The van der Waals surface area contributed by atoms with E-state index in [-0.39, 0.29) is 0 Å². The maximum Gasteiger partial charge on any atom is 0.147 e. The summed E-state index contributed by atoms with van der Waals surface area (Å²) in [5, 5.41) is 0.617. The Morgan fingerprint density at radius 1 is 1.21 bits per heavy atom. The van der Waals surface area contributed by atoms with Crippen molar-refractivity contribution in [2.45, 2.75) is 12.3 Å². The van der Waals surface area contributed by atoms with Crippen molar-refractivity contribution in [2.24, 2.45) is 0 Å². The van der Waals surface area contributed by atoms with Crippen LogP contribution >= 0.6 is 23.2 Å². The summed E-state index contributed by atoms with van der Waals surface area (Å²) in [5.41, 5.74) is 0.916. The van der Waals surface area contributed by atoms with Gasteiger partial charge in [-0.2, -0.15) is 0 Å². The smallest absolute Gasteiger partial charge is 0.147 e. The molecule has 0 saturated heterocycles. The molecule has 1 aromatic rings. The molecule has 1 heterocycles. The Labute approximate surface area is 124 Å². The molecular formula is C13H20Cl2N2O2. The Hall–Kier alpha value is -0.550. The summed E-state index contributed by atoms with van der Waals surface area (Å²) in [6.45, 7) is 2.90. The molecule has 0 fully saturated rings. The second-order valence-corrected chi connectivity index (χ2v) is 4.78. The van der Waals surface area contributed by atoms with E-state index in [1.165, 1.54) is 0 Å². The molecule has 0 aliphatic heterocycles. The molecule has 0 N–H and O–H groups in total. The lowest BCUT2D eigenvalue weighted by Crippen LogP contribution is -2.30. The van der Waals surface area contributed by atoms with E-state index in [0.29, 0.717) is 24.1 Å². The quantitative estimate of drug-likeness (QED) is 0.519. The Balaban J connectivity index is 2.77. The van der Waals surface area contributed by atoms with Crippen LogP contribution in [0.2, 0.25) is 5.02 Å². The third-order valence-corrected chi connectivity index (χ3v) is 3.26. The molecule has 1 aromatic heterocycles. The first kappa shape index (κ1) is 16.5. The minimum absolute atomic E-state index is 0.411. The molecular weight excluding hydrogens is 287 g/mol. The van der Waals surface area contributed by atoms with Crippen LogP contribution in [-0.2, 0) is 15.4 Å². The first-order chi connectivity index (χ1) is 9.22. The molecule has 19 heavy (non-hydrogen) atoms. The van der Waals surface area contributed by atoms with Crippen molar-refractivity contribution in [3.05, 3.63) is 22.8 Å². The second-order valence-electron chi connectivity index (χ2n) is 4.11. The van der Waals surface area contributed by atoms with E-state index in [9.17, 15) is 0 Å². The molecule has 0 aromatic carbocycles. The molecule has 0 unspecified atom stereocenters. The molecule has 108 valence electrons. The maximum atomic E-state index is 6.26. The molecule has 0 saturated carbocycles. The average molecular weight is 307 g/mol. The molecule has 0 amide bonds. The van der Waals surface area contributed by atoms with Gasteiger partial charge in [-0.1, -0.05) is 11.6 Å². The van der Waals surface area contributed by atoms with E-state index in [1.807, 2.05) is 6.07 Å². The van der Waals surface area contributed by atoms with Gasteiger partial charge >= 0.3 is 0 Å². The van der Waals surface area contributed by atoms with Gasteiger partial charge in [0.05, 0.1) is 11.6 Å². The van der Waals surface area contributed by atoms with Gasteiger partial charge in [-0.15, -0.1) is 11.6 Å². The minimum Gasteiger partial charge on any atom is -0.385 e. The van der Waals surface area contributed by atoms with E-state index < -0.39 is 0 Å². The van der Waals surface area contributed by atoms with Crippen molar-refractivity contribution in [2.75, 3.05) is 45.4 Å². The lowest BCUT2D eigenvalue weighted by Gasteiger charge is -2.24. The van der Waals surface area contributed by atoms with Crippen LogP contribution in [0.3, 0.4) is 0 Å². The topological polar surface area (TPSA) is 34.6 Å². The molecule has 6 heteroatoms. The van der Waals surface area contributed by atoms with Gasteiger partial charge in [0, 0.05) is 46.0 Å². The summed E-state index contributed by atoms with van der Waals surface area (Å²) in [6.07, 6.45) is 2.67. The zero-order valence-corrected chi connectivity index (χ0v) is 12.9. The number of ether oxygens (including phenoxy) is 2. The third kappa shape index (κ3) is 5.53. The summed E-state index contributed by atoms with van der Waals surface area (Å²) in [7, 11) is 3.37. The normalized spacial score (nSPS) is 10.7. The van der Waals surface area contributed by atoms with E-state index in [4.69, 9.17) is 32.7 Å². The molecule has 0 aliphatic rings. The van der Waals surface area contributed by atoms with Gasteiger partial charge in [-0.25, -0.2) is 4.98 Å². The summed E-state index contributed by atoms with van der Waals surface area (Å²) < 4.78 is 10.2. The first-order valence-corrected chi connectivity index (χ1v) is 7.07. The van der Waals surface area contributed by atoms with Crippen molar-refractivity contribution in [1.82, 2.24) is 4.98 Å². The van der Waals surface area contributed by atoms with Crippen LogP contribution in [0, 0.1) is 0 Å². The van der Waals surface area contributed by atoms with E-state index >= 15 is 0 Å². The van der Waals surface area contributed by atoms with Crippen LogP contribution in [0.15, 0.2) is 12.3 Å². The largest absolute Gasteiger partial charge is 0.385 e. The van der Waals surface area contributed by atoms with Crippen molar-refractivity contribution >= 4 is 29.0 Å². The highest BCUT2D eigenvalue weighted by atomic mass is 35.5. The Morgan fingerprint density at radius 2 is 1.95 bits per heavy atom. The molecule has 0 spiro atoms. The highest BCUT2D eigenvalue weighted by molar-refractivity contribution is 6.33. The van der Waals surface area contributed by atoms with Crippen LogP contribution in [-0.4, -0.2) is 45.5 Å². The Kier molecular flexibility index (Phi) is 8.14. The van der Waals surface area contributed by atoms with Gasteiger partial charge in [0.2, 0.25) is 0 Å². The van der Waals surface area contributed by atoms with Crippen LogP contribution in [0.1, 0.15) is 12.0 Å². The molecule has 0 bridgehead atoms. The van der Waals surface area contributed by atoms with Crippen LogP contribution in [0.5, 0.6) is 0 Å². The third-order valence-electron chi connectivity index (χ3n) is 2.67. The predicted molar refractivity (Wildman–Crippen MR) is 79.4 cm³/mol. The number of anilines is 1. The van der Waals surface area contributed by atoms with Gasteiger partial charge in [-0.05, 0) is 18.1 Å². The fourth-order valence-corrected chi connectivity index (χ4v) is 2.16. The first-order valence-electron chi connectivity index (χ1n) is 6.16. The number of halogens is 2. The minimum atomic E-state index is 0.411. The fraction of sp³-hybridized carbons (Fsp3) is 0.615. The monoisotopic (exact) mass is 306 g/mol. The molecule has 4 nitrogen and oxygen atoms in total. The highest BCUT2D eigenvalue weighted by Gasteiger charge is 2.12. The molecule has 0 aliphatic carbocycles. The number of pyridine rings is 1. The summed E-state index contributed by atoms with van der Waals surface area (Å²) in [6, 6.07) is 1.85. The molecule has 0 radical (unpaired) electrons. The Bertz CT molecular complexity index is 378. The standard InChI is InChI=1S/C13H20Cl2N2O2/c1-18-6-3-4-17(5-7-19-2)13-12(15)8-11(9-14)10-16-13/h8,10H,3-7,9H2,1-2H3. The van der Waals surface area contributed by atoms with Gasteiger partial charge in [0.25, 0.3) is 0 Å². The summed E-state index contributed by atoms with van der Waals surface area (Å²) in [4.78, 5) is 6.49. The number of hydrogen-bond donors (Lipinski definition) is 0. The number of methoxy groups -OCH3 is 2. The fourth-order valence-electron chi connectivity index (χ4n) is 1.70. The van der Waals surface area contributed by atoms with E-state index in [1.54, 1.807) is 20.4 Å². The van der Waals surface area contributed by atoms with Crippen LogP contribution in [0.4, 0.5) is 5.82 Å². The number of rotatable bonds is 9. The number of nitrogens with zero attached hydrogens (tertiary/aromatic N) is 2.